The molecule has 0 aliphatic carbocycles. The van der Waals surface area contributed by atoms with E-state index in [2.05, 4.69) is 15.3 Å². The molecule has 0 amide bonds. The largest absolute Gasteiger partial charge is 0.478 e. The summed E-state index contributed by atoms with van der Waals surface area (Å²) in [6, 6.07) is 7.33. The van der Waals surface area contributed by atoms with Crippen molar-refractivity contribution in [1.82, 2.24) is 20.0 Å². The summed E-state index contributed by atoms with van der Waals surface area (Å²) in [6.45, 7) is 6.22. The van der Waals surface area contributed by atoms with Crippen LogP contribution in [0.5, 0.6) is 0 Å². The van der Waals surface area contributed by atoms with E-state index in [9.17, 15) is 15.0 Å². The Morgan fingerprint density at radius 1 is 1.23 bits per heavy atom. The minimum Gasteiger partial charge on any atom is -0.478 e. The predicted molar refractivity (Wildman–Crippen MR) is 97.6 cm³/mol. The number of hydrogen-bond donors (Lipinski definition) is 2. The topological polar surface area (TPSA) is 101 Å². The van der Waals surface area contributed by atoms with Gasteiger partial charge in [-0.1, -0.05) is 17.3 Å². The smallest absolute Gasteiger partial charge is 0.329 e. The summed E-state index contributed by atoms with van der Waals surface area (Å²) < 4.78 is 1.79. The number of carbonyl (C=O) groups is 1. The highest BCUT2D eigenvalue weighted by Gasteiger charge is 2.17. The molecule has 0 fully saturated rings. The Kier molecular flexibility index (Phi) is 4.81. The molecule has 0 saturated heterocycles. The van der Waals surface area contributed by atoms with Crippen molar-refractivity contribution in [2.45, 2.75) is 33.9 Å². The molecule has 0 aliphatic rings. The second-order valence-corrected chi connectivity index (χ2v) is 6.03. The molecular weight excluding hydrogens is 332 g/mol. The molecule has 2 heterocycles. The highest BCUT2D eigenvalue weighted by Crippen LogP contribution is 2.29. The number of aliphatic hydroxyl groups is 1. The van der Waals surface area contributed by atoms with Crippen molar-refractivity contribution < 1.29 is 15.0 Å². The van der Waals surface area contributed by atoms with Gasteiger partial charge in [0.1, 0.15) is 5.52 Å². The van der Waals surface area contributed by atoms with Gasteiger partial charge in [-0.3, -0.25) is 4.98 Å². The first-order valence-corrected chi connectivity index (χ1v) is 8.31. The van der Waals surface area contributed by atoms with Crippen LogP contribution in [0, 0.1) is 13.8 Å². The van der Waals surface area contributed by atoms with E-state index in [-0.39, 0.29) is 6.61 Å². The highest BCUT2D eigenvalue weighted by molar-refractivity contribution is 5.97. The molecule has 7 nitrogen and oxygen atoms in total. The fraction of sp³-hybridized carbons (Fsp3) is 0.263. The third kappa shape index (κ3) is 3.09. The van der Waals surface area contributed by atoms with Gasteiger partial charge < -0.3 is 10.2 Å². The summed E-state index contributed by atoms with van der Waals surface area (Å²) in [5.41, 5.74) is 5.53. The van der Waals surface area contributed by atoms with Crippen LogP contribution in [0.15, 0.2) is 30.3 Å². The van der Waals surface area contributed by atoms with Crippen molar-refractivity contribution in [2.24, 2.45) is 0 Å². The van der Waals surface area contributed by atoms with Gasteiger partial charge in [-0.25, -0.2) is 9.48 Å². The zero-order chi connectivity index (χ0) is 18.8. The monoisotopic (exact) mass is 352 g/mol. The Morgan fingerprint density at radius 2 is 2.00 bits per heavy atom. The fourth-order valence-corrected chi connectivity index (χ4v) is 2.99. The van der Waals surface area contributed by atoms with E-state index in [0.717, 1.165) is 33.8 Å². The molecule has 2 N–H and O–H groups in total. The Hall–Kier alpha value is -3.06. The second-order valence-electron chi connectivity index (χ2n) is 6.03. The van der Waals surface area contributed by atoms with Crippen LogP contribution in [0.2, 0.25) is 0 Å². The average molecular weight is 352 g/mol. The summed E-state index contributed by atoms with van der Waals surface area (Å²) in [4.78, 5) is 15.9. The maximum Gasteiger partial charge on any atom is 0.329 e. The minimum atomic E-state index is -1.07. The van der Waals surface area contributed by atoms with Gasteiger partial charge in [-0.05, 0) is 49.6 Å². The van der Waals surface area contributed by atoms with Crippen LogP contribution in [-0.4, -0.2) is 36.2 Å². The number of carboxylic acids is 1. The fourth-order valence-electron chi connectivity index (χ4n) is 2.99. The first kappa shape index (κ1) is 17.8. The Morgan fingerprint density at radius 3 is 2.65 bits per heavy atom. The van der Waals surface area contributed by atoms with Crippen LogP contribution in [0.3, 0.4) is 0 Å². The predicted octanol–water partition coefficient (Wildman–Crippen LogP) is 2.47. The van der Waals surface area contributed by atoms with E-state index in [4.69, 9.17) is 0 Å². The summed E-state index contributed by atoms with van der Waals surface area (Å²) in [5.74, 6) is -1.07. The zero-order valence-corrected chi connectivity index (χ0v) is 14.9. The number of rotatable bonds is 5. The number of aliphatic carboxylic acids is 1. The van der Waals surface area contributed by atoms with E-state index in [1.165, 1.54) is 0 Å². The molecule has 0 unspecified atom stereocenters. The van der Waals surface area contributed by atoms with Crippen molar-refractivity contribution in [3.63, 3.8) is 0 Å². The lowest BCUT2D eigenvalue weighted by Gasteiger charge is -2.12. The number of carboxylic acid groups (broad SMARTS) is 1. The van der Waals surface area contributed by atoms with E-state index in [1.807, 2.05) is 39.0 Å². The number of aromatic nitrogens is 4. The van der Waals surface area contributed by atoms with Crippen LogP contribution >= 0.6 is 0 Å². The Labute approximate surface area is 150 Å². The van der Waals surface area contributed by atoms with Crippen molar-refractivity contribution in [3.8, 4) is 0 Å². The third-order valence-corrected chi connectivity index (χ3v) is 4.43. The standard InChI is InChI=1S/C19H20N4O3/c1-4-23-17-8-6-13(12(3)19(17)21-22-23)14(9-18(25)26)15-7-5-11(2)16(10-24)20-15/h5-9,24H,4,10H2,1-3H3,(H,25,26). The Balaban J connectivity index is 2.23. The number of nitrogens with zero attached hydrogens (tertiary/aromatic N) is 4. The lowest BCUT2D eigenvalue weighted by atomic mass is 9.95. The van der Waals surface area contributed by atoms with Crippen LogP contribution in [-0.2, 0) is 17.9 Å². The molecule has 0 bridgehead atoms. The van der Waals surface area contributed by atoms with Crippen molar-refractivity contribution in [2.75, 3.05) is 0 Å². The first-order valence-electron chi connectivity index (χ1n) is 8.31. The van der Waals surface area contributed by atoms with Gasteiger partial charge in [0.25, 0.3) is 0 Å². The summed E-state index contributed by atoms with van der Waals surface area (Å²) in [6.07, 6.45) is 1.14. The maximum absolute atomic E-state index is 11.4. The second kappa shape index (κ2) is 7.05. The Bertz CT molecular complexity index is 1020. The maximum atomic E-state index is 11.4. The molecular formula is C19H20N4O3. The summed E-state index contributed by atoms with van der Waals surface area (Å²) in [7, 11) is 0. The van der Waals surface area contributed by atoms with Gasteiger partial charge in [0, 0.05) is 18.2 Å². The van der Waals surface area contributed by atoms with E-state index in [1.54, 1.807) is 10.7 Å². The SMILES string of the molecule is CCn1nnc2c(C)c(C(=CC(=O)O)c3ccc(C)c(CO)n3)ccc21. The highest BCUT2D eigenvalue weighted by atomic mass is 16.4. The number of aliphatic hydroxyl groups excluding tert-OH is 1. The molecule has 7 heteroatoms. The molecule has 0 atom stereocenters. The summed E-state index contributed by atoms with van der Waals surface area (Å²) >= 11 is 0. The first-order chi connectivity index (χ1) is 12.5. The van der Waals surface area contributed by atoms with Crippen molar-refractivity contribution in [3.05, 3.63) is 58.4 Å². The third-order valence-electron chi connectivity index (χ3n) is 4.43. The van der Waals surface area contributed by atoms with Crippen molar-refractivity contribution >= 4 is 22.6 Å². The molecule has 0 aliphatic heterocycles. The van der Waals surface area contributed by atoms with Gasteiger partial charge in [-0.15, -0.1) is 5.10 Å². The number of benzene rings is 1. The molecule has 1 aromatic carbocycles. The molecule has 0 radical (unpaired) electrons. The van der Waals surface area contributed by atoms with Crippen LogP contribution < -0.4 is 0 Å². The van der Waals surface area contributed by atoms with Gasteiger partial charge >= 0.3 is 5.97 Å². The molecule has 0 saturated carbocycles. The lowest BCUT2D eigenvalue weighted by molar-refractivity contribution is -0.131. The number of hydrogen-bond acceptors (Lipinski definition) is 5. The molecule has 134 valence electrons. The average Bonchev–Trinajstić information content (AvgIpc) is 3.05. The van der Waals surface area contributed by atoms with Gasteiger partial charge in [0.05, 0.1) is 23.5 Å². The quantitative estimate of drug-likeness (QED) is 0.684. The minimum absolute atomic E-state index is 0.205. The number of pyridine rings is 1. The van der Waals surface area contributed by atoms with Gasteiger partial charge in [0.15, 0.2) is 0 Å². The number of aryl methyl sites for hydroxylation is 3. The van der Waals surface area contributed by atoms with Gasteiger partial charge in [-0.2, -0.15) is 0 Å². The van der Waals surface area contributed by atoms with Crippen LogP contribution in [0.1, 0.15) is 35.0 Å². The number of fused-ring (bicyclic) bond motifs is 1. The van der Waals surface area contributed by atoms with Gasteiger partial charge in [0.2, 0.25) is 0 Å². The zero-order valence-electron chi connectivity index (χ0n) is 14.9. The molecule has 0 spiro atoms. The summed E-state index contributed by atoms with van der Waals surface area (Å²) in [5, 5.41) is 27.2. The molecule has 3 aromatic rings. The lowest BCUT2D eigenvalue weighted by Crippen LogP contribution is -2.03. The molecule has 26 heavy (non-hydrogen) atoms. The van der Waals surface area contributed by atoms with E-state index in [0.29, 0.717) is 23.5 Å². The van der Waals surface area contributed by atoms with E-state index < -0.39 is 5.97 Å². The van der Waals surface area contributed by atoms with Crippen LogP contribution in [0.25, 0.3) is 16.6 Å². The van der Waals surface area contributed by atoms with E-state index >= 15 is 0 Å². The molecule has 3 rings (SSSR count). The molecule has 2 aromatic heterocycles. The van der Waals surface area contributed by atoms with Crippen molar-refractivity contribution in [1.29, 1.82) is 0 Å². The normalized spacial score (nSPS) is 11.9. The van der Waals surface area contributed by atoms with Crippen LogP contribution in [0.4, 0.5) is 0 Å².